The van der Waals surface area contributed by atoms with E-state index in [1.807, 2.05) is 6.07 Å². The second-order valence-electron chi connectivity index (χ2n) is 7.96. The fourth-order valence-corrected chi connectivity index (χ4v) is 4.22. The van der Waals surface area contributed by atoms with Crippen molar-refractivity contribution in [2.45, 2.75) is 64.0 Å². The molecule has 1 aliphatic carbocycles. The highest BCUT2D eigenvalue weighted by Crippen LogP contribution is 2.21. The van der Waals surface area contributed by atoms with Crippen LogP contribution in [0, 0.1) is 0 Å². The van der Waals surface area contributed by atoms with Crippen molar-refractivity contribution in [1.29, 1.82) is 0 Å². The number of nitrogens with zero attached hydrogens (tertiary/aromatic N) is 1. The number of para-hydroxylation sites is 1. The molecule has 0 bridgehead atoms. The van der Waals surface area contributed by atoms with Crippen LogP contribution in [0.3, 0.4) is 0 Å². The third-order valence-electron chi connectivity index (χ3n) is 5.85. The number of likely N-dealkylation sites (tertiary alicyclic amines) is 1. The maximum atomic E-state index is 12.8. The number of anilines is 1. The number of hydrogen-bond acceptors (Lipinski definition) is 4. The molecule has 1 aliphatic heterocycles. The number of carbonyl (C=O) groups excluding carboxylic acids is 3. The summed E-state index contributed by atoms with van der Waals surface area (Å²) >= 11 is 0. The Balaban J connectivity index is 1.59. The van der Waals surface area contributed by atoms with Gasteiger partial charge in [0.2, 0.25) is 23.3 Å². The zero-order valence-corrected chi connectivity index (χ0v) is 17.1. The van der Waals surface area contributed by atoms with Crippen molar-refractivity contribution >= 4 is 29.0 Å². The Morgan fingerprint density at radius 1 is 1.07 bits per heavy atom. The Bertz CT molecular complexity index is 786. The van der Waals surface area contributed by atoms with E-state index in [2.05, 4.69) is 10.6 Å². The smallest absolute Gasteiger partial charge is 0.249 e. The lowest BCUT2D eigenvalue weighted by atomic mass is 9.95. The molecule has 1 atom stereocenters. The lowest BCUT2D eigenvalue weighted by Crippen LogP contribution is -2.50. The predicted molar refractivity (Wildman–Crippen MR) is 111 cm³/mol. The van der Waals surface area contributed by atoms with Crippen LogP contribution >= 0.6 is 0 Å². The van der Waals surface area contributed by atoms with E-state index in [0.29, 0.717) is 24.2 Å². The van der Waals surface area contributed by atoms with Crippen LogP contribution < -0.4 is 16.0 Å². The van der Waals surface area contributed by atoms with Crippen LogP contribution in [0.2, 0.25) is 0 Å². The van der Waals surface area contributed by atoms with E-state index in [4.69, 9.17) is 5.41 Å². The third-order valence-corrected chi connectivity index (χ3v) is 5.85. The van der Waals surface area contributed by atoms with Crippen molar-refractivity contribution in [1.82, 2.24) is 10.2 Å². The molecule has 2 fully saturated rings. The zero-order valence-electron chi connectivity index (χ0n) is 17.1. The lowest BCUT2D eigenvalue weighted by Gasteiger charge is -2.28. The fourth-order valence-electron chi connectivity index (χ4n) is 4.22. The second kappa shape index (κ2) is 9.67. The van der Waals surface area contributed by atoms with Gasteiger partial charge in [-0.25, -0.2) is 0 Å². The SMILES string of the molecule is CC(=O)C(=[NH2+])c1ccccc1NCC(=O)N1CCC[C@H]1C(=O)NC1CCCCC1. The van der Waals surface area contributed by atoms with E-state index in [1.165, 1.54) is 13.3 Å². The van der Waals surface area contributed by atoms with Gasteiger partial charge in [0.1, 0.15) is 6.04 Å². The molecule has 29 heavy (non-hydrogen) atoms. The summed E-state index contributed by atoms with van der Waals surface area (Å²) in [7, 11) is 0. The van der Waals surface area contributed by atoms with Crippen LogP contribution in [0.5, 0.6) is 0 Å². The molecule has 7 nitrogen and oxygen atoms in total. The van der Waals surface area contributed by atoms with E-state index in [-0.39, 0.29) is 35.9 Å². The van der Waals surface area contributed by atoms with E-state index >= 15 is 0 Å². The van der Waals surface area contributed by atoms with E-state index in [1.54, 1.807) is 23.1 Å². The summed E-state index contributed by atoms with van der Waals surface area (Å²) in [6.07, 6.45) is 7.13. The van der Waals surface area contributed by atoms with Gasteiger partial charge in [-0.3, -0.25) is 19.8 Å². The van der Waals surface area contributed by atoms with Gasteiger partial charge in [-0.2, -0.15) is 0 Å². The number of nitrogens with one attached hydrogen (secondary N) is 2. The lowest BCUT2D eigenvalue weighted by molar-refractivity contribution is -0.137. The Hall–Kier alpha value is -2.70. The molecule has 2 amide bonds. The van der Waals surface area contributed by atoms with Gasteiger partial charge in [-0.1, -0.05) is 31.4 Å². The predicted octanol–water partition coefficient (Wildman–Crippen LogP) is 0.676. The summed E-state index contributed by atoms with van der Waals surface area (Å²) in [5.74, 6) is -0.371. The molecular formula is C22H31N4O3+. The number of Topliss-reactive ketones (excluding diaryl/α,β-unsaturated/α-hetero) is 1. The average Bonchev–Trinajstić information content (AvgIpc) is 3.22. The van der Waals surface area contributed by atoms with Crippen molar-refractivity contribution in [3.63, 3.8) is 0 Å². The molecule has 1 aromatic carbocycles. The average molecular weight is 400 g/mol. The normalized spacial score (nSPS) is 19.6. The van der Waals surface area contributed by atoms with Crippen molar-refractivity contribution in [3.8, 4) is 0 Å². The van der Waals surface area contributed by atoms with Crippen molar-refractivity contribution < 1.29 is 19.8 Å². The molecule has 0 aromatic heterocycles. The highest BCUT2D eigenvalue weighted by molar-refractivity contribution is 6.43. The minimum atomic E-state index is -0.393. The molecule has 7 heteroatoms. The Labute approximate surface area is 171 Å². The molecule has 4 N–H and O–H groups in total. The molecule has 1 heterocycles. The van der Waals surface area contributed by atoms with Crippen molar-refractivity contribution in [3.05, 3.63) is 29.8 Å². The van der Waals surface area contributed by atoms with Crippen LogP contribution in [0.1, 0.15) is 57.4 Å². The first kappa shape index (κ1) is 21.0. The van der Waals surface area contributed by atoms with Gasteiger partial charge in [0, 0.05) is 25.2 Å². The van der Waals surface area contributed by atoms with Crippen LogP contribution in [-0.2, 0) is 14.4 Å². The molecule has 2 aliphatic rings. The van der Waals surface area contributed by atoms with E-state index < -0.39 is 6.04 Å². The van der Waals surface area contributed by atoms with Gasteiger partial charge in [0.15, 0.2) is 0 Å². The number of carbonyl (C=O) groups is 3. The van der Waals surface area contributed by atoms with Gasteiger partial charge in [0.05, 0.1) is 12.1 Å². The minimum absolute atomic E-state index is 0.0303. The van der Waals surface area contributed by atoms with Gasteiger partial charge >= 0.3 is 0 Å². The summed E-state index contributed by atoms with van der Waals surface area (Å²) in [5.41, 5.74) is 1.38. The number of amides is 2. The van der Waals surface area contributed by atoms with Crippen molar-refractivity contribution in [2.75, 3.05) is 18.4 Å². The van der Waals surface area contributed by atoms with Gasteiger partial charge in [0.25, 0.3) is 0 Å². The zero-order chi connectivity index (χ0) is 20.8. The summed E-state index contributed by atoms with van der Waals surface area (Å²) in [6.45, 7) is 2.05. The Kier molecular flexibility index (Phi) is 7.01. The highest BCUT2D eigenvalue weighted by atomic mass is 16.2. The standard InChI is InChI=1S/C22H30N4O3/c1-15(27)21(23)17-10-5-6-11-18(17)24-14-20(28)26-13-7-12-19(26)22(29)25-16-8-3-2-4-9-16/h5-6,10-11,16,19,23-24H,2-4,7-9,12-14H2,1H3,(H,25,29)/p+1/t19-/m0/s1. The number of nitrogens with two attached hydrogens (primary N) is 1. The summed E-state index contributed by atoms with van der Waals surface area (Å²) in [4.78, 5) is 38.8. The molecule has 3 rings (SSSR count). The molecule has 0 radical (unpaired) electrons. The highest BCUT2D eigenvalue weighted by Gasteiger charge is 2.34. The maximum Gasteiger partial charge on any atom is 0.249 e. The van der Waals surface area contributed by atoms with Crippen LogP contribution in [-0.4, -0.2) is 53.4 Å². The molecule has 1 saturated heterocycles. The monoisotopic (exact) mass is 399 g/mol. The van der Waals surface area contributed by atoms with Crippen molar-refractivity contribution in [2.24, 2.45) is 0 Å². The van der Waals surface area contributed by atoms with Gasteiger partial charge in [-0.05, 0) is 37.8 Å². The van der Waals surface area contributed by atoms with E-state index in [0.717, 1.165) is 32.1 Å². The first-order chi connectivity index (χ1) is 14.0. The summed E-state index contributed by atoms with van der Waals surface area (Å²) in [6, 6.07) is 7.00. The Morgan fingerprint density at radius 3 is 2.52 bits per heavy atom. The quantitative estimate of drug-likeness (QED) is 0.587. The van der Waals surface area contributed by atoms with Crippen LogP contribution in [0.4, 0.5) is 5.69 Å². The van der Waals surface area contributed by atoms with Gasteiger partial charge in [-0.15, -0.1) is 0 Å². The molecule has 156 valence electrons. The topological polar surface area (TPSA) is 104 Å². The van der Waals surface area contributed by atoms with Crippen LogP contribution in [0.25, 0.3) is 0 Å². The number of ketones is 1. The largest absolute Gasteiger partial charge is 0.375 e. The Morgan fingerprint density at radius 2 is 1.79 bits per heavy atom. The van der Waals surface area contributed by atoms with E-state index in [9.17, 15) is 14.4 Å². The fraction of sp³-hybridized carbons (Fsp3) is 0.545. The molecule has 1 saturated carbocycles. The third kappa shape index (κ3) is 5.22. The number of benzene rings is 1. The molecular weight excluding hydrogens is 368 g/mol. The summed E-state index contributed by atoms with van der Waals surface area (Å²) < 4.78 is 0. The number of hydrogen-bond donors (Lipinski definition) is 3. The first-order valence-electron chi connectivity index (χ1n) is 10.5. The summed E-state index contributed by atoms with van der Waals surface area (Å²) in [5, 5.41) is 12.1. The van der Waals surface area contributed by atoms with Crippen LogP contribution in [0.15, 0.2) is 24.3 Å². The molecule has 1 aromatic rings. The second-order valence-corrected chi connectivity index (χ2v) is 7.96. The minimum Gasteiger partial charge on any atom is -0.375 e. The first-order valence-corrected chi connectivity index (χ1v) is 10.5. The molecule has 0 spiro atoms. The molecule has 0 unspecified atom stereocenters. The van der Waals surface area contributed by atoms with Gasteiger partial charge < -0.3 is 15.5 Å². The maximum absolute atomic E-state index is 12.8. The number of rotatable bonds is 7.